The topological polar surface area (TPSA) is 86.8 Å². The molecule has 2 heterocycles. The summed E-state index contributed by atoms with van der Waals surface area (Å²) in [5, 5.41) is 2.93. The maximum atomic E-state index is 13.1. The van der Waals surface area contributed by atoms with Gasteiger partial charge in [-0.2, -0.15) is 4.31 Å². The van der Waals surface area contributed by atoms with E-state index in [1.54, 1.807) is 4.90 Å². The molecule has 2 aliphatic rings. The lowest BCUT2D eigenvalue weighted by Crippen LogP contribution is -2.47. The van der Waals surface area contributed by atoms with Crippen LogP contribution in [0, 0.1) is 17.7 Å². The molecule has 7 nitrogen and oxygen atoms in total. The Morgan fingerprint density at radius 2 is 1.39 bits per heavy atom. The summed E-state index contributed by atoms with van der Waals surface area (Å²) in [4.78, 5) is 27.4. The molecule has 33 heavy (non-hydrogen) atoms. The molecule has 1 N–H and O–H groups in total. The van der Waals surface area contributed by atoms with Crippen molar-refractivity contribution in [1.82, 2.24) is 9.21 Å². The monoisotopic (exact) mass is 473 g/mol. The maximum Gasteiger partial charge on any atom is 0.243 e. The molecule has 176 valence electrons. The van der Waals surface area contributed by atoms with Crippen molar-refractivity contribution in [3.05, 3.63) is 60.4 Å². The van der Waals surface area contributed by atoms with E-state index in [0.717, 1.165) is 17.8 Å². The third kappa shape index (κ3) is 5.42. The minimum Gasteiger partial charge on any atom is -0.342 e. The second-order valence-corrected chi connectivity index (χ2v) is 10.5. The van der Waals surface area contributed by atoms with Gasteiger partial charge in [-0.3, -0.25) is 9.59 Å². The van der Waals surface area contributed by atoms with Crippen LogP contribution in [0.5, 0.6) is 0 Å². The van der Waals surface area contributed by atoms with E-state index in [1.165, 1.54) is 16.4 Å². The second kappa shape index (κ2) is 10.0. The highest BCUT2D eigenvalue weighted by Crippen LogP contribution is 2.27. The van der Waals surface area contributed by atoms with E-state index in [0.29, 0.717) is 38.8 Å². The van der Waals surface area contributed by atoms with E-state index in [9.17, 15) is 22.4 Å². The maximum absolute atomic E-state index is 13.1. The number of halogens is 1. The van der Waals surface area contributed by atoms with E-state index in [1.807, 2.05) is 30.3 Å². The Kier molecular flexibility index (Phi) is 7.09. The first-order valence-electron chi connectivity index (χ1n) is 11.2. The lowest BCUT2D eigenvalue weighted by molar-refractivity contribution is -0.139. The van der Waals surface area contributed by atoms with E-state index in [2.05, 4.69) is 5.32 Å². The number of hydrogen-bond acceptors (Lipinski definition) is 4. The molecular weight excluding hydrogens is 445 g/mol. The number of carbonyl (C=O) groups excluding carboxylic acids is 2. The van der Waals surface area contributed by atoms with Crippen LogP contribution in [-0.4, -0.2) is 55.6 Å². The Morgan fingerprint density at radius 3 is 2.00 bits per heavy atom. The number of sulfonamides is 1. The van der Waals surface area contributed by atoms with Gasteiger partial charge in [-0.05, 0) is 62.1 Å². The van der Waals surface area contributed by atoms with Crippen molar-refractivity contribution in [3.8, 4) is 0 Å². The van der Waals surface area contributed by atoms with Gasteiger partial charge < -0.3 is 10.2 Å². The van der Waals surface area contributed by atoms with Crippen molar-refractivity contribution in [1.29, 1.82) is 0 Å². The van der Waals surface area contributed by atoms with Crippen molar-refractivity contribution in [3.63, 3.8) is 0 Å². The number of benzene rings is 2. The molecule has 4 rings (SSSR count). The number of likely N-dealkylation sites (tertiary alicyclic amines) is 1. The van der Waals surface area contributed by atoms with Gasteiger partial charge in [0.15, 0.2) is 0 Å². The van der Waals surface area contributed by atoms with Crippen molar-refractivity contribution in [2.24, 2.45) is 11.8 Å². The van der Waals surface area contributed by atoms with Crippen molar-refractivity contribution in [2.45, 2.75) is 30.6 Å². The van der Waals surface area contributed by atoms with Crippen LogP contribution >= 0.6 is 0 Å². The summed E-state index contributed by atoms with van der Waals surface area (Å²) in [5.41, 5.74) is 0.767. The van der Waals surface area contributed by atoms with Crippen molar-refractivity contribution in [2.75, 3.05) is 31.5 Å². The standard InChI is InChI=1S/C24H28FN3O4S/c25-20-6-8-22(9-7-20)33(31,32)28-16-12-19(13-17-28)24(30)27-14-10-18(11-15-27)23(29)26-21-4-2-1-3-5-21/h1-9,18-19H,10-17H2,(H,26,29). The molecule has 0 spiro atoms. The van der Waals surface area contributed by atoms with Gasteiger partial charge in [-0.25, -0.2) is 12.8 Å². The highest BCUT2D eigenvalue weighted by molar-refractivity contribution is 7.89. The molecule has 2 aliphatic heterocycles. The lowest BCUT2D eigenvalue weighted by atomic mass is 9.92. The van der Waals surface area contributed by atoms with Gasteiger partial charge in [0.2, 0.25) is 21.8 Å². The Labute approximate surface area is 193 Å². The molecule has 2 saturated heterocycles. The summed E-state index contributed by atoms with van der Waals surface area (Å²) in [5.74, 6) is -0.820. The molecule has 9 heteroatoms. The molecular formula is C24H28FN3O4S. The highest BCUT2D eigenvalue weighted by atomic mass is 32.2. The van der Waals surface area contributed by atoms with Crippen LogP contribution < -0.4 is 5.32 Å². The third-order valence-electron chi connectivity index (χ3n) is 6.47. The van der Waals surface area contributed by atoms with E-state index >= 15 is 0 Å². The quantitative estimate of drug-likeness (QED) is 0.723. The summed E-state index contributed by atoms with van der Waals surface area (Å²) >= 11 is 0. The molecule has 2 aromatic carbocycles. The first-order valence-corrected chi connectivity index (χ1v) is 12.7. The average Bonchev–Trinajstić information content (AvgIpc) is 2.84. The van der Waals surface area contributed by atoms with Crippen LogP contribution in [0.4, 0.5) is 10.1 Å². The molecule has 0 unspecified atom stereocenters. The van der Waals surface area contributed by atoms with Gasteiger partial charge in [0.25, 0.3) is 0 Å². The Bertz CT molecular complexity index is 1080. The molecule has 0 radical (unpaired) electrons. The molecule has 0 atom stereocenters. The highest BCUT2D eigenvalue weighted by Gasteiger charge is 2.35. The van der Waals surface area contributed by atoms with Gasteiger partial charge >= 0.3 is 0 Å². The number of nitrogens with zero attached hydrogens (tertiary/aromatic N) is 2. The number of anilines is 1. The molecule has 0 bridgehead atoms. The largest absolute Gasteiger partial charge is 0.342 e. The molecule has 2 amide bonds. The van der Waals surface area contributed by atoms with E-state index in [4.69, 9.17) is 0 Å². The number of carbonyl (C=O) groups is 2. The van der Waals surface area contributed by atoms with Gasteiger partial charge in [0.1, 0.15) is 5.82 Å². The van der Waals surface area contributed by atoms with Crippen LogP contribution in [0.25, 0.3) is 0 Å². The number of rotatable bonds is 5. The predicted molar refractivity (Wildman–Crippen MR) is 122 cm³/mol. The van der Waals surface area contributed by atoms with Crippen LogP contribution in [0.1, 0.15) is 25.7 Å². The summed E-state index contributed by atoms with van der Waals surface area (Å²) in [6.45, 7) is 1.57. The summed E-state index contributed by atoms with van der Waals surface area (Å²) in [7, 11) is -3.70. The van der Waals surface area contributed by atoms with Crippen LogP contribution in [0.15, 0.2) is 59.5 Å². The molecule has 0 saturated carbocycles. The Balaban J connectivity index is 1.26. The number of hydrogen-bond donors (Lipinski definition) is 1. The first-order chi connectivity index (χ1) is 15.8. The van der Waals surface area contributed by atoms with Gasteiger partial charge in [-0.15, -0.1) is 0 Å². The second-order valence-electron chi connectivity index (χ2n) is 8.59. The summed E-state index contributed by atoms with van der Waals surface area (Å²) in [6, 6.07) is 14.1. The fraction of sp³-hybridized carbons (Fsp3) is 0.417. The van der Waals surface area contributed by atoms with Crippen molar-refractivity contribution >= 4 is 27.5 Å². The van der Waals surface area contributed by atoms with Crippen molar-refractivity contribution < 1.29 is 22.4 Å². The fourth-order valence-corrected chi connectivity index (χ4v) is 5.95. The Hall–Kier alpha value is -2.78. The van der Waals surface area contributed by atoms with Crippen LogP contribution in [-0.2, 0) is 19.6 Å². The summed E-state index contributed by atoms with van der Waals surface area (Å²) < 4.78 is 40.0. The molecule has 2 fully saturated rings. The van der Waals surface area contributed by atoms with Gasteiger partial charge in [-0.1, -0.05) is 18.2 Å². The fourth-order valence-electron chi connectivity index (χ4n) is 4.48. The lowest BCUT2D eigenvalue weighted by Gasteiger charge is -2.36. The van der Waals surface area contributed by atoms with Gasteiger partial charge in [0, 0.05) is 43.7 Å². The normalized spacial score (nSPS) is 18.8. The zero-order chi connectivity index (χ0) is 23.4. The van der Waals surface area contributed by atoms with E-state index in [-0.39, 0.29) is 41.6 Å². The van der Waals surface area contributed by atoms with Crippen LogP contribution in [0.2, 0.25) is 0 Å². The number of nitrogens with one attached hydrogen (secondary N) is 1. The van der Waals surface area contributed by atoms with E-state index < -0.39 is 15.8 Å². The molecule has 2 aromatic rings. The SMILES string of the molecule is O=C(Nc1ccccc1)C1CCN(C(=O)C2CCN(S(=O)(=O)c3ccc(F)cc3)CC2)CC1. The average molecular weight is 474 g/mol. The molecule has 0 aromatic heterocycles. The smallest absolute Gasteiger partial charge is 0.243 e. The predicted octanol–water partition coefficient (Wildman–Crippen LogP) is 3.10. The van der Waals surface area contributed by atoms with Crippen LogP contribution in [0.3, 0.4) is 0 Å². The third-order valence-corrected chi connectivity index (χ3v) is 8.39. The minimum absolute atomic E-state index is 0.0207. The first kappa shape index (κ1) is 23.4. The number of para-hydroxylation sites is 1. The number of amides is 2. The van der Waals surface area contributed by atoms with Gasteiger partial charge in [0.05, 0.1) is 4.90 Å². The molecule has 0 aliphatic carbocycles. The summed E-state index contributed by atoms with van der Waals surface area (Å²) in [6.07, 6.45) is 2.13. The Morgan fingerprint density at radius 1 is 0.818 bits per heavy atom. The number of piperidine rings is 2. The minimum atomic E-state index is -3.70. The zero-order valence-corrected chi connectivity index (χ0v) is 19.1. The zero-order valence-electron chi connectivity index (χ0n) is 18.3.